The van der Waals surface area contributed by atoms with Crippen molar-refractivity contribution in [3.05, 3.63) is 24.0 Å². The van der Waals surface area contributed by atoms with Crippen LogP contribution in [0.5, 0.6) is 0 Å². The Morgan fingerprint density at radius 1 is 1.67 bits per heavy atom. The van der Waals surface area contributed by atoms with Gasteiger partial charge in [-0.25, -0.2) is 0 Å². The highest BCUT2D eigenvalue weighted by Crippen LogP contribution is 2.07. The van der Waals surface area contributed by atoms with Crippen LogP contribution in [0.2, 0.25) is 0 Å². The quantitative estimate of drug-likeness (QED) is 0.596. The number of nitrogens with two attached hydrogens (primary N) is 1. The molecule has 1 rings (SSSR count). The first-order chi connectivity index (χ1) is 4.20. The Hall–Kier alpha value is -0.760. The first kappa shape index (κ1) is 6.36. The molecule has 1 unspecified atom stereocenters. The van der Waals surface area contributed by atoms with Gasteiger partial charge in [0.15, 0.2) is 0 Å². The molecule has 2 N–H and O–H groups in total. The first-order valence-corrected chi connectivity index (χ1v) is 3.07. The van der Waals surface area contributed by atoms with E-state index in [2.05, 4.69) is 0 Å². The molecule has 2 heteroatoms. The average Bonchev–Trinajstić information content (AvgIpc) is 2.14. The molecular formula is C7H12N2. The van der Waals surface area contributed by atoms with Crippen molar-refractivity contribution in [2.45, 2.75) is 13.0 Å². The lowest BCUT2D eigenvalue weighted by Crippen LogP contribution is -2.03. The van der Waals surface area contributed by atoms with E-state index in [0.717, 1.165) is 0 Å². The molecule has 0 aromatic carbocycles. The second-order valence-electron chi connectivity index (χ2n) is 2.40. The number of nitrogens with zero attached hydrogens (tertiary/aromatic N) is 1. The fourth-order valence-corrected chi connectivity index (χ4v) is 0.794. The van der Waals surface area contributed by atoms with Gasteiger partial charge in [-0.05, 0) is 18.6 Å². The Morgan fingerprint density at radius 3 is 2.56 bits per heavy atom. The van der Waals surface area contributed by atoms with Gasteiger partial charge in [0.25, 0.3) is 0 Å². The summed E-state index contributed by atoms with van der Waals surface area (Å²) in [4.78, 5) is 0. The summed E-state index contributed by atoms with van der Waals surface area (Å²) in [5.74, 6) is 0. The van der Waals surface area contributed by atoms with Gasteiger partial charge < -0.3 is 10.3 Å². The lowest BCUT2D eigenvalue weighted by Gasteiger charge is -1.97. The van der Waals surface area contributed by atoms with Crippen LogP contribution in [0, 0.1) is 0 Å². The van der Waals surface area contributed by atoms with Crippen LogP contribution in [0.4, 0.5) is 0 Å². The molecule has 0 aliphatic rings. The van der Waals surface area contributed by atoms with Crippen LogP contribution in [0.1, 0.15) is 18.5 Å². The van der Waals surface area contributed by atoms with Crippen LogP contribution in [-0.2, 0) is 7.05 Å². The second kappa shape index (κ2) is 2.23. The molecular weight excluding hydrogens is 112 g/mol. The van der Waals surface area contributed by atoms with Gasteiger partial charge in [-0.15, -0.1) is 0 Å². The average molecular weight is 124 g/mol. The van der Waals surface area contributed by atoms with Crippen molar-refractivity contribution >= 4 is 0 Å². The van der Waals surface area contributed by atoms with E-state index in [1.807, 2.05) is 37.0 Å². The standard InChI is InChI=1S/C7H12N2/c1-6(8)7-3-4-9(2)5-7/h3-6H,8H2,1-2H3. The molecule has 0 saturated carbocycles. The van der Waals surface area contributed by atoms with E-state index < -0.39 is 0 Å². The summed E-state index contributed by atoms with van der Waals surface area (Å²) < 4.78 is 2.00. The minimum Gasteiger partial charge on any atom is -0.357 e. The molecule has 0 saturated heterocycles. The lowest BCUT2D eigenvalue weighted by atomic mass is 10.2. The van der Waals surface area contributed by atoms with Crippen molar-refractivity contribution in [3.63, 3.8) is 0 Å². The molecule has 50 valence electrons. The third kappa shape index (κ3) is 1.33. The molecule has 1 aromatic heterocycles. The van der Waals surface area contributed by atoms with Crippen LogP contribution in [-0.4, -0.2) is 4.57 Å². The van der Waals surface area contributed by atoms with Crippen LogP contribution < -0.4 is 5.73 Å². The molecule has 0 aliphatic heterocycles. The predicted molar refractivity (Wildman–Crippen MR) is 38.0 cm³/mol. The molecule has 0 bridgehead atoms. The number of rotatable bonds is 1. The monoisotopic (exact) mass is 124 g/mol. The largest absolute Gasteiger partial charge is 0.357 e. The normalized spacial score (nSPS) is 13.7. The van der Waals surface area contributed by atoms with E-state index in [0.29, 0.717) is 0 Å². The fraction of sp³-hybridized carbons (Fsp3) is 0.429. The van der Waals surface area contributed by atoms with Gasteiger partial charge >= 0.3 is 0 Å². The number of aromatic nitrogens is 1. The Labute approximate surface area is 55.3 Å². The Bertz CT molecular complexity index is 189. The summed E-state index contributed by atoms with van der Waals surface area (Å²) in [6.07, 6.45) is 4.03. The van der Waals surface area contributed by atoms with Gasteiger partial charge in [-0.2, -0.15) is 0 Å². The van der Waals surface area contributed by atoms with E-state index in [1.54, 1.807) is 0 Å². The molecule has 2 nitrogen and oxygen atoms in total. The van der Waals surface area contributed by atoms with Gasteiger partial charge in [0.1, 0.15) is 0 Å². The summed E-state index contributed by atoms with van der Waals surface area (Å²) in [5, 5.41) is 0. The molecule has 0 radical (unpaired) electrons. The van der Waals surface area contributed by atoms with Crippen molar-refractivity contribution < 1.29 is 0 Å². The summed E-state index contributed by atoms with van der Waals surface area (Å²) in [7, 11) is 1.99. The molecule has 1 atom stereocenters. The first-order valence-electron chi connectivity index (χ1n) is 3.07. The number of hydrogen-bond acceptors (Lipinski definition) is 1. The van der Waals surface area contributed by atoms with Crippen LogP contribution in [0.3, 0.4) is 0 Å². The van der Waals surface area contributed by atoms with E-state index in [9.17, 15) is 0 Å². The van der Waals surface area contributed by atoms with Crippen molar-refractivity contribution in [1.82, 2.24) is 4.57 Å². The Balaban J connectivity index is 2.85. The molecule has 0 amide bonds. The second-order valence-corrected chi connectivity index (χ2v) is 2.40. The van der Waals surface area contributed by atoms with Crippen LogP contribution >= 0.6 is 0 Å². The zero-order chi connectivity index (χ0) is 6.85. The lowest BCUT2D eigenvalue weighted by molar-refractivity contribution is 0.809. The van der Waals surface area contributed by atoms with E-state index in [-0.39, 0.29) is 6.04 Å². The van der Waals surface area contributed by atoms with Crippen molar-refractivity contribution in [2.24, 2.45) is 12.8 Å². The summed E-state index contributed by atoms with van der Waals surface area (Å²) >= 11 is 0. The van der Waals surface area contributed by atoms with Gasteiger partial charge in [0, 0.05) is 25.5 Å². The fourth-order valence-electron chi connectivity index (χ4n) is 0.794. The minimum atomic E-state index is 0.159. The number of aryl methyl sites for hydroxylation is 1. The van der Waals surface area contributed by atoms with Crippen molar-refractivity contribution in [1.29, 1.82) is 0 Å². The topological polar surface area (TPSA) is 30.9 Å². The molecule has 1 aromatic rings. The highest BCUT2D eigenvalue weighted by molar-refractivity contribution is 5.13. The van der Waals surface area contributed by atoms with E-state index in [4.69, 9.17) is 5.73 Å². The van der Waals surface area contributed by atoms with Crippen LogP contribution in [0.25, 0.3) is 0 Å². The maximum Gasteiger partial charge on any atom is 0.0281 e. The SMILES string of the molecule is CC(N)c1ccn(C)c1. The maximum atomic E-state index is 5.61. The van der Waals surface area contributed by atoms with Gasteiger partial charge in [0.2, 0.25) is 0 Å². The summed E-state index contributed by atoms with van der Waals surface area (Å²) in [6, 6.07) is 2.19. The zero-order valence-electron chi connectivity index (χ0n) is 5.83. The third-order valence-corrected chi connectivity index (χ3v) is 1.38. The smallest absolute Gasteiger partial charge is 0.0281 e. The highest BCUT2D eigenvalue weighted by atomic mass is 14.9. The molecule has 0 fully saturated rings. The highest BCUT2D eigenvalue weighted by Gasteiger charge is 1.97. The van der Waals surface area contributed by atoms with Gasteiger partial charge in [-0.3, -0.25) is 0 Å². The summed E-state index contributed by atoms with van der Waals surface area (Å²) in [6.45, 7) is 1.98. The maximum absolute atomic E-state index is 5.61. The van der Waals surface area contributed by atoms with Gasteiger partial charge in [0.05, 0.1) is 0 Å². The molecule has 1 heterocycles. The van der Waals surface area contributed by atoms with Crippen molar-refractivity contribution in [2.75, 3.05) is 0 Å². The summed E-state index contributed by atoms with van der Waals surface area (Å²) in [5.41, 5.74) is 6.81. The third-order valence-electron chi connectivity index (χ3n) is 1.38. The van der Waals surface area contributed by atoms with Gasteiger partial charge in [-0.1, -0.05) is 0 Å². The van der Waals surface area contributed by atoms with Crippen molar-refractivity contribution in [3.8, 4) is 0 Å². The van der Waals surface area contributed by atoms with E-state index >= 15 is 0 Å². The zero-order valence-corrected chi connectivity index (χ0v) is 5.83. The Morgan fingerprint density at radius 2 is 2.33 bits per heavy atom. The van der Waals surface area contributed by atoms with Crippen LogP contribution in [0.15, 0.2) is 18.5 Å². The Kier molecular flexibility index (Phi) is 1.58. The number of hydrogen-bond donors (Lipinski definition) is 1. The molecule has 0 aliphatic carbocycles. The molecule has 9 heavy (non-hydrogen) atoms. The predicted octanol–water partition coefficient (Wildman–Crippen LogP) is 1.04. The molecule has 0 spiro atoms. The minimum absolute atomic E-state index is 0.159. The van der Waals surface area contributed by atoms with E-state index in [1.165, 1.54) is 5.56 Å².